The molecule has 0 aliphatic heterocycles. The van der Waals surface area contributed by atoms with Crippen LogP contribution in [-0.4, -0.2) is 25.2 Å². The second-order valence-corrected chi connectivity index (χ2v) is 2.54. The molecule has 0 aromatic carbocycles. The van der Waals surface area contributed by atoms with Crippen LogP contribution in [0.3, 0.4) is 0 Å². The van der Waals surface area contributed by atoms with E-state index in [1.807, 2.05) is 13.8 Å². The van der Waals surface area contributed by atoms with Crippen LogP contribution in [0.4, 0.5) is 0 Å². The SMILES string of the molecule is CO[C@@H](C)C(=O)NC(C)C. The van der Waals surface area contributed by atoms with Crippen molar-refractivity contribution in [3.05, 3.63) is 0 Å². The average molecular weight is 145 g/mol. The Morgan fingerprint density at radius 2 is 1.90 bits per heavy atom. The molecule has 1 atom stereocenters. The van der Waals surface area contributed by atoms with Gasteiger partial charge in [0.15, 0.2) is 0 Å². The maximum absolute atomic E-state index is 10.9. The standard InChI is InChI=1S/C7H15NO2/c1-5(2)8-7(9)6(3)10-4/h5-6H,1-4H3,(H,8,9)/t6-/m0/s1. The van der Waals surface area contributed by atoms with E-state index in [-0.39, 0.29) is 18.1 Å². The van der Waals surface area contributed by atoms with Crippen molar-refractivity contribution in [3.63, 3.8) is 0 Å². The quantitative estimate of drug-likeness (QED) is 0.629. The third-order valence-corrected chi connectivity index (χ3v) is 1.15. The fourth-order valence-electron chi connectivity index (χ4n) is 0.509. The van der Waals surface area contributed by atoms with Gasteiger partial charge < -0.3 is 10.1 Å². The Hall–Kier alpha value is -0.570. The summed E-state index contributed by atoms with van der Waals surface area (Å²) in [5.41, 5.74) is 0. The molecule has 1 amide bonds. The molecule has 0 aliphatic rings. The van der Waals surface area contributed by atoms with Gasteiger partial charge in [-0.25, -0.2) is 0 Å². The molecular formula is C7H15NO2. The molecule has 60 valence electrons. The maximum atomic E-state index is 10.9. The first-order valence-electron chi connectivity index (χ1n) is 3.41. The van der Waals surface area contributed by atoms with Gasteiger partial charge in [-0.05, 0) is 20.8 Å². The van der Waals surface area contributed by atoms with Crippen LogP contribution in [0.15, 0.2) is 0 Å². The Bertz CT molecular complexity index is 112. The van der Waals surface area contributed by atoms with Crippen LogP contribution in [0, 0.1) is 0 Å². The van der Waals surface area contributed by atoms with Gasteiger partial charge in [0, 0.05) is 13.2 Å². The van der Waals surface area contributed by atoms with Crippen molar-refractivity contribution in [2.45, 2.75) is 32.9 Å². The number of methoxy groups -OCH3 is 1. The highest BCUT2D eigenvalue weighted by Gasteiger charge is 2.10. The van der Waals surface area contributed by atoms with Crippen LogP contribution < -0.4 is 5.32 Å². The molecule has 3 heteroatoms. The summed E-state index contributed by atoms with van der Waals surface area (Å²) in [6, 6.07) is 0.185. The molecule has 3 nitrogen and oxygen atoms in total. The van der Waals surface area contributed by atoms with Crippen LogP contribution in [0.2, 0.25) is 0 Å². The Labute approximate surface area is 61.8 Å². The zero-order valence-electron chi connectivity index (χ0n) is 6.97. The molecule has 0 heterocycles. The van der Waals surface area contributed by atoms with Gasteiger partial charge in [0.05, 0.1) is 0 Å². The third-order valence-electron chi connectivity index (χ3n) is 1.15. The minimum atomic E-state index is -0.345. The Balaban J connectivity index is 3.62. The molecule has 0 fully saturated rings. The molecule has 0 aromatic heterocycles. The van der Waals surface area contributed by atoms with Crippen molar-refractivity contribution in [2.24, 2.45) is 0 Å². The van der Waals surface area contributed by atoms with Gasteiger partial charge in [0.25, 0.3) is 0 Å². The van der Waals surface area contributed by atoms with E-state index in [1.54, 1.807) is 6.92 Å². The first-order chi connectivity index (χ1) is 4.57. The largest absolute Gasteiger partial charge is 0.372 e. The van der Waals surface area contributed by atoms with E-state index in [4.69, 9.17) is 4.74 Å². The topological polar surface area (TPSA) is 38.3 Å². The van der Waals surface area contributed by atoms with Crippen molar-refractivity contribution >= 4 is 5.91 Å². The maximum Gasteiger partial charge on any atom is 0.249 e. The van der Waals surface area contributed by atoms with Crippen molar-refractivity contribution in [1.82, 2.24) is 5.32 Å². The molecular weight excluding hydrogens is 130 g/mol. The average Bonchev–Trinajstić information content (AvgIpc) is 1.85. The van der Waals surface area contributed by atoms with Gasteiger partial charge >= 0.3 is 0 Å². The highest BCUT2D eigenvalue weighted by Crippen LogP contribution is 1.88. The Morgan fingerprint density at radius 3 is 2.20 bits per heavy atom. The summed E-state index contributed by atoms with van der Waals surface area (Å²) >= 11 is 0. The van der Waals surface area contributed by atoms with Gasteiger partial charge in [0.2, 0.25) is 5.91 Å². The van der Waals surface area contributed by atoms with E-state index in [0.29, 0.717) is 0 Å². The summed E-state index contributed by atoms with van der Waals surface area (Å²) < 4.78 is 4.80. The van der Waals surface area contributed by atoms with E-state index in [9.17, 15) is 4.79 Å². The number of rotatable bonds is 3. The first kappa shape index (κ1) is 9.43. The van der Waals surface area contributed by atoms with Crippen molar-refractivity contribution in [2.75, 3.05) is 7.11 Å². The van der Waals surface area contributed by atoms with Gasteiger partial charge in [-0.1, -0.05) is 0 Å². The number of carbonyl (C=O) groups excluding carboxylic acids is 1. The second-order valence-electron chi connectivity index (χ2n) is 2.54. The third kappa shape index (κ3) is 3.45. The van der Waals surface area contributed by atoms with Crippen LogP contribution >= 0.6 is 0 Å². The lowest BCUT2D eigenvalue weighted by Crippen LogP contribution is -2.38. The van der Waals surface area contributed by atoms with Gasteiger partial charge in [-0.15, -0.1) is 0 Å². The molecule has 0 spiro atoms. The van der Waals surface area contributed by atoms with Gasteiger partial charge in [0.1, 0.15) is 6.10 Å². The van der Waals surface area contributed by atoms with Crippen LogP contribution in [0.1, 0.15) is 20.8 Å². The highest BCUT2D eigenvalue weighted by molar-refractivity contribution is 5.80. The van der Waals surface area contributed by atoms with Crippen molar-refractivity contribution < 1.29 is 9.53 Å². The molecule has 0 unspecified atom stereocenters. The van der Waals surface area contributed by atoms with Gasteiger partial charge in [-0.3, -0.25) is 4.79 Å². The fraction of sp³-hybridized carbons (Fsp3) is 0.857. The number of nitrogens with one attached hydrogen (secondary N) is 1. The predicted octanol–water partition coefficient (Wildman–Crippen LogP) is 0.546. The molecule has 1 N–H and O–H groups in total. The normalized spacial score (nSPS) is 13.3. The minimum Gasteiger partial charge on any atom is -0.372 e. The monoisotopic (exact) mass is 145 g/mol. The number of ether oxygens (including phenoxy) is 1. The lowest BCUT2D eigenvalue weighted by molar-refractivity contribution is -0.130. The Morgan fingerprint density at radius 1 is 1.40 bits per heavy atom. The first-order valence-corrected chi connectivity index (χ1v) is 3.41. The van der Waals surface area contributed by atoms with Crippen molar-refractivity contribution in [3.8, 4) is 0 Å². The summed E-state index contributed by atoms with van der Waals surface area (Å²) in [5, 5.41) is 2.73. The lowest BCUT2D eigenvalue weighted by Gasteiger charge is -2.12. The van der Waals surface area contributed by atoms with E-state index in [2.05, 4.69) is 5.32 Å². The number of carbonyl (C=O) groups is 1. The van der Waals surface area contributed by atoms with Crippen LogP contribution in [0.25, 0.3) is 0 Å². The molecule has 0 aliphatic carbocycles. The highest BCUT2D eigenvalue weighted by atomic mass is 16.5. The number of hydrogen-bond acceptors (Lipinski definition) is 2. The fourth-order valence-corrected chi connectivity index (χ4v) is 0.509. The number of amides is 1. The van der Waals surface area contributed by atoms with E-state index in [1.165, 1.54) is 7.11 Å². The predicted molar refractivity (Wildman–Crippen MR) is 39.7 cm³/mol. The molecule has 0 saturated carbocycles. The molecule has 0 saturated heterocycles. The minimum absolute atomic E-state index is 0.0579. The zero-order valence-corrected chi connectivity index (χ0v) is 6.97. The molecule has 0 aromatic rings. The summed E-state index contributed by atoms with van der Waals surface area (Å²) in [4.78, 5) is 10.9. The Kier molecular flexibility index (Phi) is 4.03. The molecule has 0 rings (SSSR count). The summed E-state index contributed by atoms with van der Waals surface area (Å²) in [6.07, 6.45) is -0.345. The van der Waals surface area contributed by atoms with Crippen LogP contribution in [-0.2, 0) is 9.53 Å². The zero-order chi connectivity index (χ0) is 8.15. The summed E-state index contributed by atoms with van der Waals surface area (Å²) in [7, 11) is 1.52. The summed E-state index contributed by atoms with van der Waals surface area (Å²) in [5.74, 6) is -0.0579. The molecule has 0 radical (unpaired) electrons. The lowest BCUT2D eigenvalue weighted by atomic mass is 10.3. The van der Waals surface area contributed by atoms with E-state index in [0.717, 1.165) is 0 Å². The number of hydrogen-bond donors (Lipinski definition) is 1. The second kappa shape index (κ2) is 4.28. The van der Waals surface area contributed by atoms with Gasteiger partial charge in [-0.2, -0.15) is 0 Å². The molecule has 10 heavy (non-hydrogen) atoms. The summed E-state index contributed by atoms with van der Waals surface area (Å²) in [6.45, 7) is 5.55. The van der Waals surface area contributed by atoms with Crippen molar-refractivity contribution in [1.29, 1.82) is 0 Å². The molecule has 0 bridgehead atoms. The van der Waals surface area contributed by atoms with Crippen LogP contribution in [0.5, 0.6) is 0 Å². The van der Waals surface area contributed by atoms with E-state index >= 15 is 0 Å². The van der Waals surface area contributed by atoms with E-state index < -0.39 is 0 Å². The smallest absolute Gasteiger partial charge is 0.249 e.